The molecule has 0 fully saturated rings. The highest BCUT2D eigenvalue weighted by atomic mass is 32.2. The second-order valence-corrected chi connectivity index (χ2v) is 11.5. The summed E-state index contributed by atoms with van der Waals surface area (Å²) in [5.41, 5.74) is 1.74. The van der Waals surface area contributed by atoms with Crippen molar-refractivity contribution in [3.05, 3.63) is 126 Å². The Labute approximate surface area is 251 Å². The van der Waals surface area contributed by atoms with Crippen molar-refractivity contribution in [2.75, 3.05) is 17.9 Å². The summed E-state index contributed by atoms with van der Waals surface area (Å²) in [5.74, 6) is -0.906. The summed E-state index contributed by atoms with van der Waals surface area (Å²) in [6.07, 6.45) is 1.73. The molecule has 0 aromatic heterocycles. The number of nitrogens with zero attached hydrogens (tertiary/aromatic N) is 1. The smallest absolute Gasteiger partial charge is 0.261 e. The molecular formula is C33H34FN3O5S. The minimum Gasteiger partial charge on any atom is -0.484 e. The molecule has 224 valence electrons. The quantitative estimate of drug-likeness (QED) is 0.180. The minimum absolute atomic E-state index is 0.0332. The summed E-state index contributed by atoms with van der Waals surface area (Å²) in [5, 5.41) is 2.96. The van der Waals surface area contributed by atoms with Gasteiger partial charge in [-0.25, -0.2) is 12.8 Å². The summed E-state index contributed by atoms with van der Waals surface area (Å²) >= 11 is 0. The van der Waals surface area contributed by atoms with Gasteiger partial charge in [0.2, 0.25) is 5.91 Å². The van der Waals surface area contributed by atoms with Gasteiger partial charge in [0.1, 0.15) is 17.6 Å². The lowest BCUT2D eigenvalue weighted by Crippen LogP contribution is -2.45. The van der Waals surface area contributed by atoms with Crippen LogP contribution in [0.15, 0.2) is 114 Å². The first kappa shape index (κ1) is 31.2. The number of hydrogen-bond donors (Lipinski definition) is 2. The molecule has 43 heavy (non-hydrogen) atoms. The molecule has 0 aliphatic heterocycles. The molecule has 0 bridgehead atoms. The second kappa shape index (κ2) is 15.0. The predicted molar refractivity (Wildman–Crippen MR) is 163 cm³/mol. The van der Waals surface area contributed by atoms with Crippen LogP contribution in [0.1, 0.15) is 36.9 Å². The standard InChI is InChI=1S/C33H34FN3O5S/c1-2-3-22-35-33(39)32(26-12-8-5-9-13-26)37(23-25-10-6-4-7-11-25)31(38)24-42-29-18-20-30(21-19-29)43(40,41)36-28-16-14-27(34)15-17-28/h4-21,32,36H,2-3,22-24H2,1H3,(H,35,39)/t32-/m1/s1. The third kappa shape index (κ3) is 8.89. The molecule has 2 amide bonds. The molecule has 0 heterocycles. The van der Waals surface area contributed by atoms with Crippen molar-refractivity contribution in [3.63, 3.8) is 0 Å². The molecule has 4 aromatic rings. The van der Waals surface area contributed by atoms with Gasteiger partial charge >= 0.3 is 0 Å². The molecule has 2 N–H and O–H groups in total. The Balaban J connectivity index is 1.52. The number of carbonyl (C=O) groups is 2. The summed E-state index contributed by atoms with van der Waals surface area (Å²) < 4.78 is 46.8. The van der Waals surface area contributed by atoms with Crippen molar-refractivity contribution in [1.82, 2.24) is 10.2 Å². The highest BCUT2D eigenvalue weighted by Crippen LogP contribution is 2.25. The van der Waals surface area contributed by atoms with E-state index >= 15 is 0 Å². The van der Waals surface area contributed by atoms with Gasteiger partial charge in [0.25, 0.3) is 15.9 Å². The topological polar surface area (TPSA) is 105 Å². The Morgan fingerprint density at radius 3 is 2.12 bits per heavy atom. The van der Waals surface area contributed by atoms with Crippen LogP contribution < -0.4 is 14.8 Å². The molecule has 1 atom stereocenters. The van der Waals surface area contributed by atoms with Gasteiger partial charge in [-0.15, -0.1) is 0 Å². The van der Waals surface area contributed by atoms with Crippen molar-refractivity contribution in [1.29, 1.82) is 0 Å². The number of unbranched alkanes of at least 4 members (excludes halogenated alkanes) is 1. The van der Waals surface area contributed by atoms with Gasteiger partial charge in [-0.3, -0.25) is 14.3 Å². The van der Waals surface area contributed by atoms with Crippen molar-refractivity contribution < 1.29 is 27.1 Å². The van der Waals surface area contributed by atoms with Crippen LogP contribution in [0.4, 0.5) is 10.1 Å². The van der Waals surface area contributed by atoms with E-state index in [-0.39, 0.29) is 35.4 Å². The summed E-state index contributed by atoms with van der Waals surface area (Å²) in [7, 11) is -3.93. The van der Waals surface area contributed by atoms with Gasteiger partial charge in [-0.1, -0.05) is 74.0 Å². The predicted octanol–water partition coefficient (Wildman–Crippen LogP) is 5.69. The third-order valence-corrected chi connectivity index (χ3v) is 8.01. The number of sulfonamides is 1. The maximum atomic E-state index is 13.7. The van der Waals surface area contributed by atoms with Crippen LogP contribution in [-0.2, 0) is 26.2 Å². The first-order valence-corrected chi connectivity index (χ1v) is 15.4. The van der Waals surface area contributed by atoms with Gasteiger partial charge in [-0.2, -0.15) is 0 Å². The van der Waals surface area contributed by atoms with Crippen LogP contribution in [0.25, 0.3) is 0 Å². The molecule has 0 spiro atoms. The zero-order valence-corrected chi connectivity index (χ0v) is 24.6. The summed E-state index contributed by atoms with van der Waals surface area (Å²) in [6, 6.07) is 28.2. The molecule has 0 saturated carbocycles. The van der Waals surface area contributed by atoms with Crippen LogP contribution >= 0.6 is 0 Å². The van der Waals surface area contributed by atoms with E-state index in [0.717, 1.165) is 30.5 Å². The Morgan fingerprint density at radius 1 is 0.860 bits per heavy atom. The van der Waals surface area contributed by atoms with Crippen LogP contribution in [0.5, 0.6) is 5.75 Å². The van der Waals surface area contributed by atoms with E-state index in [1.165, 1.54) is 41.3 Å². The molecule has 0 radical (unpaired) electrons. The van der Waals surface area contributed by atoms with Crippen LogP contribution in [0, 0.1) is 5.82 Å². The van der Waals surface area contributed by atoms with Gasteiger partial charge in [0.05, 0.1) is 4.90 Å². The lowest BCUT2D eigenvalue weighted by molar-refractivity contribution is -0.143. The van der Waals surface area contributed by atoms with Gasteiger partial charge in [0.15, 0.2) is 6.61 Å². The number of benzene rings is 4. The monoisotopic (exact) mass is 603 g/mol. The van der Waals surface area contributed by atoms with Crippen LogP contribution in [0.2, 0.25) is 0 Å². The molecule has 0 saturated heterocycles. The zero-order chi connectivity index (χ0) is 30.7. The lowest BCUT2D eigenvalue weighted by Gasteiger charge is -2.31. The third-order valence-electron chi connectivity index (χ3n) is 6.61. The maximum Gasteiger partial charge on any atom is 0.261 e. The summed E-state index contributed by atoms with van der Waals surface area (Å²) in [4.78, 5) is 28.7. The SMILES string of the molecule is CCCCNC(=O)[C@@H](c1ccccc1)N(Cc1ccccc1)C(=O)COc1ccc(S(=O)(=O)Nc2ccc(F)cc2)cc1. The highest BCUT2D eigenvalue weighted by Gasteiger charge is 2.31. The lowest BCUT2D eigenvalue weighted by atomic mass is 10.0. The van der Waals surface area contributed by atoms with Gasteiger partial charge < -0.3 is 15.0 Å². The molecule has 0 aliphatic rings. The first-order chi connectivity index (χ1) is 20.8. The number of amides is 2. The number of rotatable bonds is 14. The summed E-state index contributed by atoms with van der Waals surface area (Å²) in [6.45, 7) is 2.33. The highest BCUT2D eigenvalue weighted by molar-refractivity contribution is 7.92. The van der Waals surface area contributed by atoms with E-state index in [4.69, 9.17) is 4.74 Å². The average Bonchev–Trinajstić information content (AvgIpc) is 3.02. The Morgan fingerprint density at radius 2 is 1.49 bits per heavy atom. The van der Waals surface area contributed by atoms with E-state index in [1.807, 2.05) is 67.6 Å². The zero-order valence-electron chi connectivity index (χ0n) is 23.8. The van der Waals surface area contributed by atoms with Gasteiger partial charge in [0, 0.05) is 18.8 Å². The molecular weight excluding hydrogens is 569 g/mol. The Hall–Kier alpha value is -4.70. The first-order valence-electron chi connectivity index (χ1n) is 13.9. The minimum atomic E-state index is -3.93. The van der Waals surface area contributed by atoms with E-state index < -0.39 is 27.8 Å². The van der Waals surface area contributed by atoms with Crippen molar-refractivity contribution in [2.24, 2.45) is 0 Å². The fourth-order valence-corrected chi connectivity index (χ4v) is 5.43. The van der Waals surface area contributed by atoms with E-state index in [1.54, 1.807) is 0 Å². The fraction of sp³-hybridized carbons (Fsp3) is 0.212. The van der Waals surface area contributed by atoms with Crippen molar-refractivity contribution >= 4 is 27.5 Å². The van der Waals surface area contributed by atoms with E-state index in [9.17, 15) is 22.4 Å². The Bertz CT molecular complexity index is 1580. The fourth-order valence-electron chi connectivity index (χ4n) is 4.37. The number of anilines is 1. The molecule has 0 aliphatic carbocycles. The maximum absolute atomic E-state index is 13.7. The Kier molecular flexibility index (Phi) is 10.9. The molecule has 8 nitrogen and oxygen atoms in total. The number of nitrogens with one attached hydrogen (secondary N) is 2. The normalized spacial score (nSPS) is 11.8. The average molecular weight is 604 g/mol. The van der Waals surface area contributed by atoms with E-state index in [2.05, 4.69) is 10.0 Å². The van der Waals surface area contributed by atoms with Crippen molar-refractivity contribution in [3.8, 4) is 5.75 Å². The molecule has 10 heteroatoms. The van der Waals surface area contributed by atoms with E-state index in [0.29, 0.717) is 12.1 Å². The molecule has 0 unspecified atom stereocenters. The second-order valence-electron chi connectivity index (χ2n) is 9.84. The number of halogens is 1. The largest absolute Gasteiger partial charge is 0.484 e. The van der Waals surface area contributed by atoms with Crippen molar-refractivity contribution in [2.45, 2.75) is 37.2 Å². The number of carbonyl (C=O) groups excluding carboxylic acids is 2. The molecule has 4 rings (SSSR count). The van der Waals surface area contributed by atoms with Crippen LogP contribution in [0.3, 0.4) is 0 Å². The van der Waals surface area contributed by atoms with Gasteiger partial charge in [-0.05, 0) is 66.1 Å². The van der Waals surface area contributed by atoms with Crippen LogP contribution in [-0.4, -0.2) is 38.3 Å². The molecule has 4 aromatic carbocycles. The number of hydrogen-bond acceptors (Lipinski definition) is 5. The number of ether oxygens (including phenoxy) is 1.